The van der Waals surface area contributed by atoms with Crippen molar-refractivity contribution in [2.24, 2.45) is 11.8 Å². The third-order valence-corrected chi connectivity index (χ3v) is 7.24. The predicted molar refractivity (Wildman–Crippen MR) is 130 cm³/mol. The lowest BCUT2D eigenvalue weighted by Gasteiger charge is -2.36. The fraction of sp³-hybridized carbons (Fsp3) is 0.654. The number of Topliss-reactive ketones (excluding diaryl/α,β-unsaturated/α-hetero) is 1. The van der Waals surface area contributed by atoms with Crippen LogP contribution in [0.1, 0.15) is 58.4 Å². The summed E-state index contributed by atoms with van der Waals surface area (Å²) in [5.41, 5.74) is -0.0483. The largest absolute Gasteiger partial charge is 0.444 e. The van der Waals surface area contributed by atoms with Gasteiger partial charge in [0.15, 0.2) is 0 Å². The van der Waals surface area contributed by atoms with E-state index in [1.165, 1.54) is 0 Å². The van der Waals surface area contributed by atoms with Gasteiger partial charge in [0.1, 0.15) is 23.3 Å². The monoisotopic (exact) mass is 481 g/mol. The molecule has 2 unspecified atom stereocenters. The minimum Gasteiger partial charge on any atom is -0.444 e. The first-order valence-corrected chi connectivity index (χ1v) is 12.6. The number of rotatable bonds is 4. The average Bonchev–Trinajstić information content (AvgIpc) is 3.45. The first-order valence-electron chi connectivity index (χ1n) is 12.6. The molecular weight excluding hydrogens is 446 g/mol. The zero-order valence-corrected chi connectivity index (χ0v) is 20.9. The van der Waals surface area contributed by atoms with E-state index in [1.54, 1.807) is 17.2 Å². The van der Waals surface area contributed by atoms with Crippen molar-refractivity contribution in [2.45, 2.75) is 64.5 Å². The van der Waals surface area contributed by atoms with E-state index < -0.39 is 5.60 Å². The van der Waals surface area contributed by atoms with Gasteiger partial charge < -0.3 is 19.4 Å². The molecule has 3 heterocycles. The zero-order chi connectivity index (χ0) is 25.2. The summed E-state index contributed by atoms with van der Waals surface area (Å²) in [7, 11) is 0. The molecule has 1 aromatic heterocycles. The fourth-order valence-electron chi connectivity index (χ4n) is 5.47. The van der Waals surface area contributed by atoms with E-state index in [9.17, 15) is 14.4 Å². The van der Waals surface area contributed by atoms with Gasteiger partial charge in [-0.15, -0.1) is 0 Å². The molecule has 2 amide bonds. The van der Waals surface area contributed by atoms with Crippen LogP contribution in [0.25, 0.3) is 0 Å². The van der Waals surface area contributed by atoms with Gasteiger partial charge in [0.05, 0.1) is 5.56 Å². The number of aromatic nitrogens is 1. The van der Waals surface area contributed by atoms with E-state index >= 15 is 0 Å². The number of amides is 2. The van der Waals surface area contributed by atoms with E-state index in [0.717, 1.165) is 25.1 Å². The Morgan fingerprint density at radius 2 is 1.86 bits per heavy atom. The Hall–Kier alpha value is -3.15. The molecule has 0 aromatic carbocycles. The number of hydrogen-bond donors (Lipinski definition) is 0. The molecule has 4 rings (SSSR count). The molecule has 35 heavy (non-hydrogen) atoms. The maximum Gasteiger partial charge on any atom is 0.410 e. The number of pyridine rings is 1. The van der Waals surface area contributed by atoms with E-state index in [4.69, 9.17) is 10.00 Å². The third kappa shape index (κ3) is 5.75. The second-order valence-electron chi connectivity index (χ2n) is 10.8. The molecule has 1 saturated carbocycles. The van der Waals surface area contributed by atoms with E-state index in [1.807, 2.05) is 31.7 Å². The number of nitriles is 1. The van der Waals surface area contributed by atoms with Crippen molar-refractivity contribution in [3.05, 3.63) is 23.9 Å². The maximum atomic E-state index is 13.3. The highest BCUT2D eigenvalue weighted by atomic mass is 16.6. The highest BCUT2D eigenvalue weighted by Gasteiger charge is 2.45. The number of carbonyl (C=O) groups excluding carboxylic acids is 3. The second-order valence-corrected chi connectivity index (χ2v) is 10.8. The Balaban J connectivity index is 1.29. The molecule has 2 saturated heterocycles. The predicted octanol–water partition coefficient (Wildman–Crippen LogP) is 2.99. The van der Waals surface area contributed by atoms with Crippen LogP contribution in [0.4, 0.5) is 10.6 Å². The molecule has 3 aliphatic rings. The van der Waals surface area contributed by atoms with Gasteiger partial charge in [0.2, 0.25) is 5.91 Å². The number of nitrogens with zero attached hydrogens (tertiary/aromatic N) is 5. The number of hydrogen-bond acceptors (Lipinski definition) is 7. The van der Waals surface area contributed by atoms with Crippen molar-refractivity contribution in [1.82, 2.24) is 14.8 Å². The summed E-state index contributed by atoms with van der Waals surface area (Å²) in [6.07, 6.45) is 4.55. The Morgan fingerprint density at radius 3 is 2.49 bits per heavy atom. The SMILES string of the molecule is CC(C)(C)OC(=O)N1CCC[C@H]1C1CCC(CC(=O)N2CCN(c3ccc(C#N)cn3)CC2)C1=O. The van der Waals surface area contributed by atoms with Crippen molar-refractivity contribution in [2.75, 3.05) is 37.6 Å². The smallest absolute Gasteiger partial charge is 0.410 e. The van der Waals surface area contributed by atoms with Crippen molar-refractivity contribution < 1.29 is 19.1 Å². The van der Waals surface area contributed by atoms with Crippen molar-refractivity contribution in [3.63, 3.8) is 0 Å². The van der Waals surface area contributed by atoms with Crippen LogP contribution in [-0.4, -0.2) is 76.9 Å². The van der Waals surface area contributed by atoms with Gasteiger partial charge in [-0.1, -0.05) is 0 Å². The van der Waals surface area contributed by atoms with Gasteiger partial charge >= 0.3 is 6.09 Å². The Kier molecular flexibility index (Phi) is 7.29. The molecule has 3 fully saturated rings. The molecule has 0 N–H and O–H groups in total. The lowest BCUT2D eigenvalue weighted by Crippen LogP contribution is -2.49. The molecule has 0 bridgehead atoms. The van der Waals surface area contributed by atoms with Crippen LogP contribution in [0, 0.1) is 23.2 Å². The van der Waals surface area contributed by atoms with Crippen LogP contribution in [0.5, 0.6) is 0 Å². The molecule has 0 spiro atoms. The zero-order valence-electron chi connectivity index (χ0n) is 20.9. The summed E-state index contributed by atoms with van der Waals surface area (Å²) in [4.78, 5) is 48.9. The van der Waals surface area contributed by atoms with Crippen LogP contribution in [0.15, 0.2) is 18.3 Å². The molecule has 188 valence electrons. The van der Waals surface area contributed by atoms with Gasteiger partial charge in [-0.2, -0.15) is 5.26 Å². The molecular formula is C26H35N5O4. The van der Waals surface area contributed by atoms with Gasteiger partial charge in [-0.05, 0) is 58.6 Å². The summed E-state index contributed by atoms with van der Waals surface area (Å²) in [6.45, 7) is 8.65. The van der Waals surface area contributed by atoms with Crippen LogP contribution in [0.3, 0.4) is 0 Å². The van der Waals surface area contributed by atoms with Gasteiger partial charge in [-0.25, -0.2) is 9.78 Å². The van der Waals surface area contributed by atoms with E-state index in [0.29, 0.717) is 44.7 Å². The minimum atomic E-state index is -0.570. The van der Waals surface area contributed by atoms with E-state index in [-0.39, 0.29) is 42.1 Å². The summed E-state index contributed by atoms with van der Waals surface area (Å²) in [5.74, 6) is 0.469. The lowest BCUT2D eigenvalue weighted by atomic mass is 9.92. The van der Waals surface area contributed by atoms with Crippen molar-refractivity contribution in [3.8, 4) is 6.07 Å². The summed E-state index contributed by atoms with van der Waals surface area (Å²) in [6, 6.07) is 5.52. The van der Waals surface area contributed by atoms with E-state index in [2.05, 4.69) is 16.0 Å². The first kappa shape index (κ1) is 25.0. The first-order chi connectivity index (χ1) is 16.7. The van der Waals surface area contributed by atoms with Crippen LogP contribution in [0.2, 0.25) is 0 Å². The molecule has 1 aromatic rings. The van der Waals surface area contributed by atoms with Crippen LogP contribution in [-0.2, 0) is 14.3 Å². The topological polar surface area (TPSA) is 107 Å². The number of anilines is 1. The van der Waals surface area contributed by atoms with Crippen LogP contribution >= 0.6 is 0 Å². The molecule has 3 atom stereocenters. The van der Waals surface area contributed by atoms with Crippen molar-refractivity contribution >= 4 is 23.6 Å². The Labute approximate surface area is 207 Å². The Morgan fingerprint density at radius 1 is 1.11 bits per heavy atom. The van der Waals surface area contributed by atoms with Gasteiger partial charge in [0, 0.05) is 63.2 Å². The standard InChI is InChI=1S/C26H35N5O4/c1-26(2,3)35-25(34)31-10-4-5-21(31)20-8-7-19(24(20)33)15-23(32)30-13-11-29(12-14-30)22-9-6-18(16-27)17-28-22/h6,9,17,19-21H,4-5,7-8,10-15H2,1-3H3/t19?,20?,21-/m0/s1. The average molecular weight is 482 g/mol. The number of piperazine rings is 1. The Bertz CT molecular complexity index is 988. The highest BCUT2D eigenvalue weighted by Crippen LogP contribution is 2.38. The maximum absolute atomic E-state index is 13.3. The molecule has 1 aliphatic carbocycles. The highest BCUT2D eigenvalue weighted by molar-refractivity contribution is 5.91. The quantitative estimate of drug-likeness (QED) is 0.651. The van der Waals surface area contributed by atoms with Crippen LogP contribution < -0.4 is 4.90 Å². The normalized spacial score (nSPS) is 25.0. The van der Waals surface area contributed by atoms with Crippen molar-refractivity contribution in [1.29, 1.82) is 5.26 Å². The van der Waals surface area contributed by atoms with Gasteiger partial charge in [0.25, 0.3) is 0 Å². The second kappa shape index (κ2) is 10.2. The lowest BCUT2D eigenvalue weighted by molar-refractivity contribution is -0.136. The summed E-state index contributed by atoms with van der Waals surface area (Å²) >= 11 is 0. The van der Waals surface area contributed by atoms with Gasteiger partial charge in [-0.3, -0.25) is 9.59 Å². The number of carbonyl (C=O) groups is 3. The molecule has 9 heteroatoms. The fourth-order valence-corrected chi connectivity index (χ4v) is 5.47. The summed E-state index contributed by atoms with van der Waals surface area (Å²) < 4.78 is 5.56. The third-order valence-electron chi connectivity index (χ3n) is 7.24. The minimum absolute atomic E-state index is 0.0202. The summed E-state index contributed by atoms with van der Waals surface area (Å²) in [5, 5.41) is 8.93. The molecule has 2 aliphatic heterocycles. The number of ether oxygens (including phenoxy) is 1. The number of likely N-dealkylation sites (tertiary alicyclic amines) is 1. The number of ketones is 1. The molecule has 9 nitrogen and oxygen atoms in total. The molecule has 0 radical (unpaired) electrons.